The number of hydrogen-bond acceptors (Lipinski definition) is 6. The number of benzene rings is 2. The summed E-state index contributed by atoms with van der Waals surface area (Å²) in [4.78, 5) is 38.0. The number of phenols is 1. The van der Waals surface area contributed by atoms with Gasteiger partial charge in [0, 0.05) is 23.3 Å². The van der Waals surface area contributed by atoms with Crippen LogP contribution >= 0.6 is 0 Å². The van der Waals surface area contributed by atoms with Gasteiger partial charge in [0.2, 0.25) is 23.1 Å². The van der Waals surface area contributed by atoms with Gasteiger partial charge in [0.15, 0.2) is 0 Å². The third-order valence-corrected chi connectivity index (χ3v) is 5.23. The van der Waals surface area contributed by atoms with Crippen molar-refractivity contribution in [3.63, 3.8) is 0 Å². The second kappa shape index (κ2) is 9.42. The molecule has 1 amide bonds. The van der Waals surface area contributed by atoms with Gasteiger partial charge in [-0.05, 0) is 42.8 Å². The van der Waals surface area contributed by atoms with Crippen LogP contribution in [0.2, 0.25) is 0 Å². The topological polar surface area (TPSA) is 102 Å². The molecule has 1 aliphatic rings. The first-order valence-corrected chi connectivity index (χ1v) is 9.89. The quantitative estimate of drug-likeness (QED) is 0.608. The number of Topliss-reactive ketones (excluding diaryl/α,β-unsaturated/α-hetero) is 2. The normalized spacial score (nSPS) is 14.4. The SMILES string of the molecule is COC1=C(OC)C(=O)C(Cc2ccc(O)c(C(=O)Nc3cccc(C(F)(F)F)c3)c2)=C(C)C1=O. The summed E-state index contributed by atoms with van der Waals surface area (Å²) < 4.78 is 48.8. The van der Waals surface area contributed by atoms with E-state index in [1.165, 1.54) is 45.4 Å². The standard InChI is InChI=1S/C24H20F3NO6/c1-12-16(20(31)22(34-3)21(33-2)19(12)30)9-13-7-8-18(29)17(10-13)23(32)28-15-6-4-5-14(11-15)24(25,26)27/h4-8,10-11,29H,9H2,1-3H3,(H,28,32). The minimum atomic E-state index is -4.59. The number of anilines is 1. The van der Waals surface area contributed by atoms with E-state index in [-0.39, 0.29) is 40.3 Å². The van der Waals surface area contributed by atoms with E-state index in [2.05, 4.69) is 5.32 Å². The van der Waals surface area contributed by atoms with E-state index in [0.29, 0.717) is 5.56 Å². The fourth-order valence-corrected chi connectivity index (χ4v) is 3.46. The summed E-state index contributed by atoms with van der Waals surface area (Å²) in [6.07, 6.45) is -4.65. The number of nitrogens with one attached hydrogen (secondary N) is 1. The van der Waals surface area contributed by atoms with Crippen LogP contribution in [-0.2, 0) is 31.7 Å². The van der Waals surface area contributed by atoms with E-state index >= 15 is 0 Å². The zero-order chi connectivity index (χ0) is 25.2. The number of halogens is 3. The number of alkyl halides is 3. The van der Waals surface area contributed by atoms with Gasteiger partial charge < -0.3 is 19.9 Å². The van der Waals surface area contributed by atoms with Crippen molar-refractivity contribution in [2.75, 3.05) is 19.5 Å². The van der Waals surface area contributed by atoms with E-state index in [9.17, 15) is 32.7 Å². The number of phenolic OH excluding ortho intramolecular Hbond substituents is 1. The van der Waals surface area contributed by atoms with Gasteiger partial charge in [0.1, 0.15) is 5.75 Å². The Morgan fingerprint density at radius 3 is 2.26 bits per heavy atom. The number of carbonyl (C=O) groups is 3. The Labute approximate surface area is 192 Å². The molecule has 2 aromatic rings. The molecular weight excluding hydrogens is 455 g/mol. The number of hydrogen-bond donors (Lipinski definition) is 2. The number of amides is 1. The molecular formula is C24H20F3NO6. The van der Waals surface area contributed by atoms with Gasteiger partial charge in [0.25, 0.3) is 5.91 Å². The summed E-state index contributed by atoms with van der Waals surface area (Å²) in [5.74, 6) is -2.79. The predicted octanol–water partition coefficient (Wildman–Crippen LogP) is 4.18. The minimum absolute atomic E-state index is 0.0651. The molecule has 2 N–H and O–H groups in total. The number of allylic oxidation sites excluding steroid dienone is 2. The minimum Gasteiger partial charge on any atom is -0.507 e. The predicted molar refractivity (Wildman–Crippen MR) is 115 cm³/mol. The molecule has 10 heteroatoms. The van der Waals surface area contributed by atoms with E-state index in [0.717, 1.165) is 18.2 Å². The first-order valence-electron chi connectivity index (χ1n) is 9.89. The first-order chi connectivity index (χ1) is 16.0. The van der Waals surface area contributed by atoms with Crippen molar-refractivity contribution in [1.82, 2.24) is 0 Å². The number of ether oxygens (including phenoxy) is 2. The zero-order valence-corrected chi connectivity index (χ0v) is 18.4. The third kappa shape index (κ3) is 4.80. The number of rotatable bonds is 6. The molecule has 3 rings (SSSR count). The maximum absolute atomic E-state index is 12.9. The maximum atomic E-state index is 12.9. The van der Waals surface area contributed by atoms with Crippen LogP contribution in [-0.4, -0.2) is 36.8 Å². The van der Waals surface area contributed by atoms with Crippen LogP contribution in [0.15, 0.2) is 65.1 Å². The van der Waals surface area contributed by atoms with E-state index in [4.69, 9.17) is 9.47 Å². The van der Waals surface area contributed by atoms with Gasteiger partial charge in [-0.2, -0.15) is 13.2 Å². The third-order valence-electron chi connectivity index (χ3n) is 5.23. The molecule has 0 fully saturated rings. The second-order valence-corrected chi connectivity index (χ2v) is 7.39. The van der Waals surface area contributed by atoms with Crippen LogP contribution in [0.4, 0.5) is 18.9 Å². The van der Waals surface area contributed by atoms with Crippen LogP contribution in [0.5, 0.6) is 5.75 Å². The van der Waals surface area contributed by atoms with E-state index in [1.807, 2.05) is 0 Å². The molecule has 0 saturated carbocycles. The fourth-order valence-electron chi connectivity index (χ4n) is 3.46. The van der Waals surface area contributed by atoms with Crippen LogP contribution in [0, 0.1) is 0 Å². The van der Waals surface area contributed by atoms with Crippen molar-refractivity contribution >= 4 is 23.2 Å². The van der Waals surface area contributed by atoms with Crippen molar-refractivity contribution in [2.45, 2.75) is 19.5 Å². The summed E-state index contributed by atoms with van der Waals surface area (Å²) in [7, 11) is 2.47. The molecule has 0 aromatic heterocycles. The molecule has 0 bridgehead atoms. The molecule has 0 heterocycles. The Hall–Kier alpha value is -4.08. The Kier molecular flexibility index (Phi) is 6.80. The molecule has 1 aliphatic carbocycles. The van der Waals surface area contributed by atoms with E-state index in [1.54, 1.807) is 0 Å². The highest BCUT2D eigenvalue weighted by atomic mass is 19.4. The zero-order valence-electron chi connectivity index (χ0n) is 18.4. The van der Waals surface area contributed by atoms with Gasteiger partial charge in [-0.3, -0.25) is 14.4 Å². The van der Waals surface area contributed by atoms with Gasteiger partial charge in [-0.15, -0.1) is 0 Å². The molecule has 0 saturated heterocycles. The lowest BCUT2D eigenvalue weighted by molar-refractivity contribution is -0.137. The molecule has 7 nitrogen and oxygen atoms in total. The summed E-state index contributed by atoms with van der Waals surface area (Å²) >= 11 is 0. The molecule has 178 valence electrons. The average molecular weight is 475 g/mol. The fraction of sp³-hybridized carbons (Fsp3) is 0.208. The van der Waals surface area contributed by atoms with Crippen LogP contribution in [0.1, 0.15) is 28.4 Å². The van der Waals surface area contributed by atoms with Crippen molar-refractivity contribution < 1.29 is 42.1 Å². The monoisotopic (exact) mass is 475 g/mol. The summed E-state index contributed by atoms with van der Waals surface area (Å²) in [6.45, 7) is 1.46. The van der Waals surface area contributed by atoms with Crippen molar-refractivity contribution in [1.29, 1.82) is 0 Å². The molecule has 0 aliphatic heterocycles. The Balaban J connectivity index is 1.89. The molecule has 0 radical (unpaired) electrons. The summed E-state index contributed by atoms with van der Waals surface area (Å²) in [5, 5.41) is 12.5. The van der Waals surface area contributed by atoms with Crippen molar-refractivity contribution in [2.24, 2.45) is 0 Å². The maximum Gasteiger partial charge on any atom is 0.416 e. The highest BCUT2D eigenvalue weighted by molar-refractivity contribution is 6.23. The Bertz CT molecular complexity index is 1240. The smallest absolute Gasteiger partial charge is 0.416 e. The van der Waals surface area contributed by atoms with Crippen molar-refractivity contribution in [3.05, 3.63) is 81.8 Å². The number of ketones is 2. The summed E-state index contributed by atoms with van der Waals surface area (Å²) in [6, 6.07) is 8.02. The second-order valence-electron chi connectivity index (χ2n) is 7.39. The Morgan fingerprint density at radius 1 is 1.00 bits per heavy atom. The van der Waals surface area contributed by atoms with Gasteiger partial charge >= 0.3 is 6.18 Å². The molecule has 0 atom stereocenters. The number of aromatic hydroxyl groups is 1. The summed E-state index contributed by atoms with van der Waals surface area (Å²) in [5.41, 5.74) is -0.605. The lowest BCUT2D eigenvalue weighted by atomic mass is 9.88. The highest BCUT2D eigenvalue weighted by Crippen LogP contribution is 2.32. The van der Waals surface area contributed by atoms with E-state index < -0.39 is 35.0 Å². The van der Waals surface area contributed by atoms with Crippen LogP contribution < -0.4 is 5.32 Å². The molecule has 34 heavy (non-hydrogen) atoms. The number of carbonyl (C=O) groups excluding carboxylic acids is 3. The van der Waals surface area contributed by atoms with Gasteiger partial charge in [-0.1, -0.05) is 12.1 Å². The van der Waals surface area contributed by atoms with Crippen molar-refractivity contribution in [3.8, 4) is 5.75 Å². The van der Waals surface area contributed by atoms with Gasteiger partial charge in [-0.25, -0.2) is 0 Å². The largest absolute Gasteiger partial charge is 0.507 e. The molecule has 0 unspecified atom stereocenters. The molecule has 0 spiro atoms. The average Bonchev–Trinajstić information content (AvgIpc) is 2.79. The van der Waals surface area contributed by atoms with Gasteiger partial charge in [0.05, 0.1) is 25.3 Å². The Morgan fingerprint density at radius 2 is 1.65 bits per heavy atom. The highest BCUT2D eigenvalue weighted by Gasteiger charge is 2.35. The lowest BCUT2D eigenvalue weighted by Crippen LogP contribution is -2.26. The number of methoxy groups -OCH3 is 2. The van der Waals surface area contributed by atoms with Crippen LogP contribution in [0.25, 0.3) is 0 Å². The lowest BCUT2D eigenvalue weighted by Gasteiger charge is -2.20. The first kappa shape index (κ1) is 24.6. The van der Waals surface area contributed by atoms with Crippen LogP contribution in [0.3, 0.4) is 0 Å². The molecule has 2 aromatic carbocycles.